The SMILES string of the molecule is O.O.O.O.[Rh]. The van der Waals surface area contributed by atoms with E-state index in [0.29, 0.717) is 0 Å². The maximum Gasteiger partial charge on any atom is 0 e. The van der Waals surface area contributed by atoms with Crippen LogP contribution >= 0.6 is 0 Å². The van der Waals surface area contributed by atoms with Gasteiger partial charge in [-0.05, 0) is 0 Å². The second-order valence-electron chi connectivity index (χ2n) is 0. The van der Waals surface area contributed by atoms with Gasteiger partial charge in [0.05, 0.1) is 0 Å². The molecule has 0 bridgehead atoms. The minimum absolute atomic E-state index is 0. The van der Waals surface area contributed by atoms with Crippen LogP contribution in [0.1, 0.15) is 0 Å². The fourth-order valence-corrected chi connectivity index (χ4v) is 0. The summed E-state index contributed by atoms with van der Waals surface area (Å²) in [5, 5.41) is 0. The van der Waals surface area contributed by atoms with E-state index in [-0.39, 0.29) is 41.4 Å². The smallest absolute Gasteiger partial charge is 0 e. The Kier molecular flexibility index (Phi) is 25300. The Morgan fingerprint density at radius 2 is 0.400 bits per heavy atom. The fraction of sp³-hybridized carbons (Fsp3) is 0. The maximum absolute atomic E-state index is 0. The van der Waals surface area contributed by atoms with Gasteiger partial charge in [-0.15, -0.1) is 0 Å². The molecule has 0 heterocycles. The largest absolute Gasteiger partial charge is 0.412 e. The van der Waals surface area contributed by atoms with Crippen LogP contribution < -0.4 is 0 Å². The summed E-state index contributed by atoms with van der Waals surface area (Å²) in [6, 6.07) is 0. The molecule has 0 aromatic heterocycles. The fourth-order valence-electron chi connectivity index (χ4n) is 0. The molecule has 0 saturated heterocycles. The van der Waals surface area contributed by atoms with E-state index in [0.717, 1.165) is 0 Å². The second kappa shape index (κ2) is 249. The molecule has 0 aromatic rings. The average molecular weight is 175 g/mol. The van der Waals surface area contributed by atoms with Crippen molar-refractivity contribution in [2.24, 2.45) is 0 Å². The van der Waals surface area contributed by atoms with E-state index in [1.165, 1.54) is 0 Å². The summed E-state index contributed by atoms with van der Waals surface area (Å²) >= 11 is 0. The molecule has 0 aliphatic carbocycles. The van der Waals surface area contributed by atoms with Gasteiger partial charge in [0.2, 0.25) is 0 Å². The molecule has 41 valence electrons. The normalized spacial score (nSPS) is 0. The predicted molar refractivity (Wildman–Crippen MR) is 14.5 cm³/mol. The molecule has 0 saturated carbocycles. The van der Waals surface area contributed by atoms with E-state index in [9.17, 15) is 0 Å². The molecule has 0 amide bonds. The first kappa shape index (κ1) is 507. The van der Waals surface area contributed by atoms with Crippen molar-refractivity contribution in [3.8, 4) is 0 Å². The summed E-state index contributed by atoms with van der Waals surface area (Å²) in [5.41, 5.74) is 0. The Hall–Kier alpha value is 0.463. The van der Waals surface area contributed by atoms with E-state index in [2.05, 4.69) is 0 Å². The third-order valence-electron chi connectivity index (χ3n) is 0. The third kappa shape index (κ3) is 126. The van der Waals surface area contributed by atoms with Crippen molar-refractivity contribution in [2.75, 3.05) is 0 Å². The average Bonchev–Trinajstić information content (AvgIpc) is 0. The van der Waals surface area contributed by atoms with Crippen molar-refractivity contribution in [1.82, 2.24) is 0 Å². The van der Waals surface area contributed by atoms with Gasteiger partial charge in [-0.2, -0.15) is 0 Å². The summed E-state index contributed by atoms with van der Waals surface area (Å²) in [5.74, 6) is 0. The van der Waals surface area contributed by atoms with Crippen molar-refractivity contribution in [2.45, 2.75) is 0 Å². The van der Waals surface area contributed by atoms with Gasteiger partial charge in [0.25, 0.3) is 0 Å². The van der Waals surface area contributed by atoms with Gasteiger partial charge >= 0.3 is 0 Å². The van der Waals surface area contributed by atoms with E-state index in [1.807, 2.05) is 0 Å². The molecule has 0 atom stereocenters. The van der Waals surface area contributed by atoms with Crippen LogP contribution in [0.25, 0.3) is 0 Å². The van der Waals surface area contributed by atoms with Crippen LogP contribution in [-0.4, -0.2) is 21.9 Å². The molecule has 5 heavy (non-hydrogen) atoms. The molecule has 8 N–H and O–H groups in total. The molecule has 5 heteroatoms. The zero-order chi connectivity index (χ0) is 0. The zero-order valence-electron chi connectivity index (χ0n) is 2.33. The summed E-state index contributed by atoms with van der Waals surface area (Å²) in [4.78, 5) is 0. The van der Waals surface area contributed by atoms with Crippen LogP contribution in [0.5, 0.6) is 0 Å². The summed E-state index contributed by atoms with van der Waals surface area (Å²) in [6.45, 7) is 0. The Balaban J connectivity index is 0. The minimum Gasteiger partial charge on any atom is -0.412 e. The Morgan fingerprint density at radius 1 is 0.400 bits per heavy atom. The van der Waals surface area contributed by atoms with Crippen molar-refractivity contribution < 1.29 is 41.4 Å². The summed E-state index contributed by atoms with van der Waals surface area (Å²) < 4.78 is 0. The molecular formula is H8O4Rh. The van der Waals surface area contributed by atoms with Crippen LogP contribution in [0.2, 0.25) is 0 Å². The van der Waals surface area contributed by atoms with Crippen LogP contribution in [0.3, 0.4) is 0 Å². The summed E-state index contributed by atoms with van der Waals surface area (Å²) in [6.07, 6.45) is 0. The molecule has 0 fully saturated rings. The van der Waals surface area contributed by atoms with Gasteiger partial charge in [0.1, 0.15) is 0 Å². The molecule has 0 aliphatic rings. The van der Waals surface area contributed by atoms with Gasteiger partial charge < -0.3 is 21.9 Å². The maximum atomic E-state index is 0. The molecule has 4 nitrogen and oxygen atoms in total. The molecular weight excluding hydrogens is 167 g/mol. The Morgan fingerprint density at radius 3 is 0.400 bits per heavy atom. The number of hydrogen-bond acceptors (Lipinski definition) is 0. The molecule has 1 radical (unpaired) electrons. The standard InChI is InChI=1S/4H2O.Rh/h4*1H2;. The van der Waals surface area contributed by atoms with Crippen molar-refractivity contribution in [3.05, 3.63) is 0 Å². The first-order valence-electron chi connectivity index (χ1n) is 0. The minimum atomic E-state index is 0. The van der Waals surface area contributed by atoms with Crippen LogP contribution in [-0.2, 0) is 19.5 Å². The number of hydrogen-bond donors (Lipinski definition) is 0. The molecule has 0 unspecified atom stereocenters. The van der Waals surface area contributed by atoms with Gasteiger partial charge in [-0.1, -0.05) is 0 Å². The van der Waals surface area contributed by atoms with E-state index < -0.39 is 0 Å². The van der Waals surface area contributed by atoms with Crippen LogP contribution in [0.15, 0.2) is 0 Å². The molecule has 0 aliphatic heterocycles. The quantitative estimate of drug-likeness (QED) is 0.342. The Bertz CT molecular complexity index is 3.61. The van der Waals surface area contributed by atoms with Crippen molar-refractivity contribution in [1.29, 1.82) is 0 Å². The van der Waals surface area contributed by atoms with Gasteiger partial charge in [0, 0.05) is 19.5 Å². The van der Waals surface area contributed by atoms with Crippen LogP contribution in [0, 0.1) is 0 Å². The summed E-state index contributed by atoms with van der Waals surface area (Å²) in [7, 11) is 0. The molecule has 0 rings (SSSR count). The first-order valence-corrected chi connectivity index (χ1v) is 0. The Labute approximate surface area is 42.2 Å². The van der Waals surface area contributed by atoms with E-state index in [1.54, 1.807) is 0 Å². The molecule has 0 spiro atoms. The first-order chi connectivity index (χ1) is 0. The van der Waals surface area contributed by atoms with Crippen molar-refractivity contribution >= 4 is 0 Å². The van der Waals surface area contributed by atoms with Crippen LogP contribution in [0.4, 0.5) is 0 Å². The third-order valence-corrected chi connectivity index (χ3v) is 0. The second-order valence-corrected chi connectivity index (χ2v) is 0. The zero-order valence-corrected chi connectivity index (χ0v) is 3.97. The van der Waals surface area contributed by atoms with Gasteiger partial charge in [-0.3, -0.25) is 0 Å². The van der Waals surface area contributed by atoms with Crippen molar-refractivity contribution in [3.63, 3.8) is 0 Å². The van der Waals surface area contributed by atoms with E-state index >= 15 is 0 Å². The molecule has 0 aromatic carbocycles. The van der Waals surface area contributed by atoms with E-state index in [4.69, 9.17) is 0 Å². The van der Waals surface area contributed by atoms with Gasteiger partial charge in [-0.25, -0.2) is 0 Å². The van der Waals surface area contributed by atoms with Gasteiger partial charge in [0.15, 0.2) is 0 Å². The topological polar surface area (TPSA) is 126 Å². The predicted octanol–water partition coefficient (Wildman–Crippen LogP) is -3.30. The monoisotopic (exact) mass is 175 g/mol. The number of rotatable bonds is 0.